The van der Waals surface area contributed by atoms with Gasteiger partial charge in [0.1, 0.15) is 0 Å². The second kappa shape index (κ2) is 5.68. The molecule has 1 saturated carbocycles. The third-order valence-electron chi connectivity index (χ3n) is 4.49. The van der Waals surface area contributed by atoms with Crippen molar-refractivity contribution in [2.24, 2.45) is 5.92 Å². The fourth-order valence-electron chi connectivity index (χ4n) is 3.08. The molecule has 0 radical (unpaired) electrons. The molecule has 3 heterocycles. The normalized spacial score (nSPS) is 22.5. The molecule has 0 bridgehead atoms. The van der Waals surface area contributed by atoms with Crippen molar-refractivity contribution < 1.29 is 4.79 Å². The second-order valence-electron chi connectivity index (χ2n) is 6.28. The van der Waals surface area contributed by atoms with Crippen molar-refractivity contribution in [1.29, 1.82) is 0 Å². The molecule has 6 heteroatoms. The maximum Gasteiger partial charge on any atom is 0.249 e. The Morgan fingerprint density at radius 1 is 1.23 bits per heavy atom. The van der Waals surface area contributed by atoms with Gasteiger partial charge in [0, 0.05) is 12.0 Å². The van der Waals surface area contributed by atoms with Crippen molar-refractivity contribution in [3.8, 4) is 0 Å². The van der Waals surface area contributed by atoms with Crippen LogP contribution in [0.4, 0.5) is 5.95 Å². The van der Waals surface area contributed by atoms with Gasteiger partial charge < -0.3 is 5.32 Å². The van der Waals surface area contributed by atoms with Gasteiger partial charge in [0.2, 0.25) is 11.9 Å². The quantitative estimate of drug-likeness (QED) is 0.912. The Balaban J connectivity index is 1.63. The van der Waals surface area contributed by atoms with E-state index in [1.165, 1.54) is 19.3 Å². The summed E-state index contributed by atoms with van der Waals surface area (Å²) < 4.78 is 1.87. The summed E-state index contributed by atoms with van der Waals surface area (Å²) in [5.74, 6) is 0.623. The van der Waals surface area contributed by atoms with Gasteiger partial charge in [-0.25, -0.2) is 4.52 Å². The van der Waals surface area contributed by atoms with Crippen LogP contribution in [0.15, 0.2) is 18.2 Å². The standard InChI is InChI=1S/C16H21N5O/c22-15(11-8-9-11)19-16-18-14-7-4-6-13(21(14)20-16)12-5-2-1-3-10-17-12/h4,6-7,11-12,17H,1-3,5,8-10H2,(H,19,20,22). The zero-order valence-corrected chi connectivity index (χ0v) is 12.6. The zero-order valence-electron chi connectivity index (χ0n) is 12.6. The highest BCUT2D eigenvalue weighted by Crippen LogP contribution is 2.30. The lowest BCUT2D eigenvalue weighted by Crippen LogP contribution is -2.22. The topological polar surface area (TPSA) is 71.3 Å². The fourth-order valence-corrected chi connectivity index (χ4v) is 3.08. The lowest BCUT2D eigenvalue weighted by Gasteiger charge is -2.16. The summed E-state index contributed by atoms with van der Waals surface area (Å²) in [6.45, 7) is 1.04. The molecular formula is C16H21N5O. The molecule has 4 rings (SSSR count). The van der Waals surface area contributed by atoms with Gasteiger partial charge in [0.05, 0.1) is 5.69 Å². The number of pyridine rings is 1. The van der Waals surface area contributed by atoms with Gasteiger partial charge in [-0.15, -0.1) is 5.10 Å². The Morgan fingerprint density at radius 3 is 3.00 bits per heavy atom. The average Bonchev–Trinajstić information content (AvgIpc) is 3.31. The minimum Gasteiger partial charge on any atom is -0.309 e. The number of fused-ring (bicyclic) bond motifs is 1. The van der Waals surface area contributed by atoms with E-state index in [1.807, 2.05) is 16.6 Å². The maximum atomic E-state index is 11.9. The van der Waals surface area contributed by atoms with Gasteiger partial charge in [-0.3, -0.25) is 10.1 Å². The molecule has 22 heavy (non-hydrogen) atoms. The molecule has 1 atom stereocenters. The van der Waals surface area contributed by atoms with Crippen molar-refractivity contribution >= 4 is 17.5 Å². The summed E-state index contributed by atoms with van der Waals surface area (Å²) in [7, 11) is 0. The summed E-state index contributed by atoms with van der Waals surface area (Å²) in [5.41, 5.74) is 1.91. The summed E-state index contributed by atoms with van der Waals surface area (Å²) in [6, 6.07) is 6.34. The lowest BCUT2D eigenvalue weighted by molar-refractivity contribution is -0.117. The Hall–Kier alpha value is -1.95. The predicted molar refractivity (Wildman–Crippen MR) is 83.6 cm³/mol. The molecule has 0 aromatic carbocycles. The Morgan fingerprint density at radius 2 is 2.14 bits per heavy atom. The molecule has 2 aromatic heterocycles. The van der Waals surface area contributed by atoms with Gasteiger partial charge >= 0.3 is 0 Å². The molecule has 2 aliphatic rings. The van der Waals surface area contributed by atoms with Crippen LogP contribution in [0.2, 0.25) is 0 Å². The second-order valence-corrected chi connectivity index (χ2v) is 6.28. The molecule has 2 N–H and O–H groups in total. The summed E-state index contributed by atoms with van der Waals surface area (Å²) in [6.07, 6.45) is 6.82. The lowest BCUT2D eigenvalue weighted by atomic mass is 10.1. The number of carbonyl (C=O) groups excluding carboxylic acids is 1. The monoisotopic (exact) mass is 299 g/mol. The molecule has 2 aromatic rings. The van der Waals surface area contributed by atoms with E-state index in [0.717, 1.165) is 37.1 Å². The SMILES string of the molecule is O=C(Nc1nc2cccc(C3CCCCCN3)n2n1)C1CC1. The summed E-state index contributed by atoms with van der Waals surface area (Å²) in [5, 5.41) is 10.9. The summed E-state index contributed by atoms with van der Waals surface area (Å²) in [4.78, 5) is 16.3. The van der Waals surface area contributed by atoms with Crippen LogP contribution in [0.25, 0.3) is 5.65 Å². The molecule has 2 fully saturated rings. The van der Waals surface area contributed by atoms with Gasteiger partial charge in [0.25, 0.3) is 0 Å². The van der Waals surface area contributed by atoms with Crippen molar-refractivity contribution in [2.75, 3.05) is 11.9 Å². The third-order valence-corrected chi connectivity index (χ3v) is 4.49. The van der Waals surface area contributed by atoms with E-state index in [0.29, 0.717) is 12.0 Å². The van der Waals surface area contributed by atoms with Gasteiger partial charge in [-0.05, 0) is 44.4 Å². The van der Waals surface area contributed by atoms with Crippen molar-refractivity contribution in [3.63, 3.8) is 0 Å². The summed E-state index contributed by atoms with van der Waals surface area (Å²) >= 11 is 0. The molecule has 1 aliphatic carbocycles. The number of nitrogens with one attached hydrogen (secondary N) is 2. The van der Waals surface area contributed by atoms with Crippen LogP contribution >= 0.6 is 0 Å². The molecule has 116 valence electrons. The number of hydrogen-bond acceptors (Lipinski definition) is 4. The largest absolute Gasteiger partial charge is 0.309 e. The molecule has 1 unspecified atom stereocenters. The van der Waals surface area contributed by atoms with Crippen LogP contribution in [0.5, 0.6) is 0 Å². The fraction of sp³-hybridized carbons (Fsp3) is 0.562. The molecule has 0 spiro atoms. The molecule has 1 aliphatic heterocycles. The first-order valence-corrected chi connectivity index (χ1v) is 8.21. The van der Waals surface area contributed by atoms with Crippen molar-refractivity contribution in [2.45, 2.75) is 44.6 Å². The number of amides is 1. The first-order chi connectivity index (χ1) is 10.8. The molecule has 1 saturated heterocycles. The van der Waals surface area contributed by atoms with Gasteiger partial charge in [-0.1, -0.05) is 18.9 Å². The van der Waals surface area contributed by atoms with E-state index in [4.69, 9.17) is 0 Å². The van der Waals surface area contributed by atoms with Crippen molar-refractivity contribution in [1.82, 2.24) is 19.9 Å². The molecule has 1 amide bonds. The van der Waals surface area contributed by atoms with Crippen LogP contribution in [0.3, 0.4) is 0 Å². The smallest absolute Gasteiger partial charge is 0.249 e. The van der Waals surface area contributed by atoms with E-state index < -0.39 is 0 Å². The first-order valence-electron chi connectivity index (χ1n) is 8.21. The highest BCUT2D eigenvalue weighted by atomic mass is 16.2. The number of aromatic nitrogens is 3. The number of nitrogens with zero attached hydrogens (tertiary/aromatic N) is 3. The number of carbonyl (C=O) groups is 1. The van der Waals surface area contributed by atoms with Gasteiger partial charge in [-0.2, -0.15) is 4.98 Å². The molecular weight excluding hydrogens is 278 g/mol. The third kappa shape index (κ3) is 2.70. The number of rotatable bonds is 3. The van der Waals surface area contributed by atoms with Crippen LogP contribution in [-0.2, 0) is 4.79 Å². The van der Waals surface area contributed by atoms with Crippen LogP contribution < -0.4 is 10.6 Å². The van der Waals surface area contributed by atoms with Gasteiger partial charge in [0.15, 0.2) is 5.65 Å². The number of anilines is 1. The zero-order chi connectivity index (χ0) is 14.9. The number of hydrogen-bond donors (Lipinski definition) is 2. The van der Waals surface area contributed by atoms with Crippen LogP contribution in [0.1, 0.15) is 50.3 Å². The predicted octanol–water partition coefficient (Wildman–Crippen LogP) is 2.28. The minimum absolute atomic E-state index is 0.0463. The van der Waals surface area contributed by atoms with Crippen molar-refractivity contribution in [3.05, 3.63) is 23.9 Å². The Labute approximate surface area is 129 Å². The Bertz CT molecular complexity index is 683. The molecule has 6 nitrogen and oxygen atoms in total. The van der Waals surface area contributed by atoms with E-state index in [1.54, 1.807) is 0 Å². The maximum absolute atomic E-state index is 11.9. The van der Waals surface area contributed by atoms with E-state index in [2.05, 4.69) is 26.8 Å². The van der Waals surface area contributed by atoms with E-state index in [-0.39, 0.29) is 11.8 Å². The van der Waals surface area contributed by atoms with E-state index >= 15 is 0 Å². The average molecular weight is 299 g/mol. The minimum atomic E-state index is 0.0463. The Kier molecular flexibility index (Phi) is 3.54. The van der Waals surface area contributed by atoms with E-state index in [9.17, 15) is 4.79 Å². The highest BCUT2D eigenvalue weighted by molar-refractivity contribution is 5.92. The highest BCUT2D eigenvalue weighted by Gasteiger charge is 2.30. The van der Waals surface area contributed by atoms with Crippen LogP contribution in [0, 0.1) is 5.92 Å². The van der Waals surface area contributed by atoms with Crippen LogP contribution in [-0.4, -0.2) is 27.0 Å². The first kappa shape index (κ1) is 13.7.